The molecule has 0 bridgehead atoms. The Morgan fingerprint density at radius 1 is 1.12 bits per heavy atom. The van der Waals surface area contributed by atoms with Crippen molar-refractivity contribution in [2.24, 2.45) is 0 Å². The number of unbranched alkanes of at least 4 members (excludes halogenated alkanes) is 1. The number of anilines is 1. The van der Waals surface area contributed by atoms with Crippen molar-refractivity contribution in [2.45, 2.75) is 45.4 Å². The molecule has 0 spiro atoms. The molecule has 0 saturated carbocycles. The third kappa shape index (κ3) is 4.51. The molecule has 2 aromatic rings. The van der Waals surface area contributed by atoms with E-state index in [9.17, 15) is 0 Å². The fourth-order valence-corrected chi connectivity index (χ4v) is 3.08. The fourth-order valence-electron chi connectivity index (χ4n) is 3.08. The molecule has 1 aliphatic rings. The zero-order chi connectivity index (χ0) is 16.6. The van der Waals surface area contributed by atoms with Crippen LogP contribution in [-0.2, 0) is 25.7 Å². The number of pyridine rings is 1. The van der Waals surface area contributed by atoms with E-state index in [2.05, 4.69) is 34.7 Å². The highest BCUT2D eigenvalue weighted by molar-refractivity contribution is 5.47. The monoisotopic (exact) mass is 325 g/mol. The van der Waals surface area contributed by atoms with Crippen LogP contribution < -0.4 is 10.6 Å². The smallest absolute Gasteiger partial charge is 0.133 e. The molecule has 1 aliphatic heterocycles. The van der Waals surface area contributed by atoms with Crippen LogP contribution in [0.2, 0.25) is 0 Å². The number of rotatable bonds is 7. The molecule has 0 aromatic carbocycles. The quantitative estimate of drug-likeness (QED) is 0.766. The van der Waals surface area contributed by atoms with Gasteiger partial charge in [0.15, 0.2) is 0 Å². The molecular formula is C19H27N5. The van der Waals surface area contributed by atoms with Gasteiger partial charge in [-0.1, -0.05) is 13.0 Å². The van der Waals surface area contributed by atoms with Gasteiger partial charge in [0.25, 0.3) is 0 Å². The zero-order valence-electron chi connectivity index (χ0n) is 14.5. The van der Waals surface area contributed by atoms with Gasteiger partial charge in [-0.05, 0) is 44.4 Å². The molecule has 0 radical (unpaired) electrons. The zero-order valence-corrected chi connectivity index (χ0v) is 14.5. The van der Waals surface area contributed by atoms with Gasteiger partial charge >= 0.3 is 0 Å². The minimum Gasteiger partial charge on any atom is -0.370 e. The van der Waals surface area contributed by atoms with Crippen LogP contribution in [0.25, 0.3) is 0 Å². The fraction of sp³-hybridized carbons (Fsp3) is 0.526. The van der Waals surface area contributed by atoms with Gasteiger partial charge in [0, 0.05) is 43.4 Å². The number of aryl methyl sites for hydroxylation is 2. The van der Waals surface area contributed by atoms with Crippen molar-refractivity contribution in [3.05, 3.63) is 47.2 Å². The molecule has 0 aliphatic carbocycles. The third-order valence-electron chi connectivity index (χ3n) is 4.42. The van der Waals surface area contributed by atoms with Crippen LogP contribution in [-0.4, -0.2) is 34.6 Å². The van der Waals surface area contributed by atoms with Crippen molar-refractivity contribution < 1.29 is 0 Å². The first-order valence-electron chi connectivity index (χ1n) is 9.10. The second-order valence-electron chi connectivity index (χ2n) is 6.22. The predicted octanol–water partition coefficient (Wildman–Crippen LogP) is 2.56. The Labute approximate surface area is 144 Å². The van der Waals surface area contributed by atoms with E-state index in [1.165, 1.54) is 17.0 Å². The number of aromatic nitrogens is 3. The van der Waals surface area contributed by atoms with Crippen molar-refractivity contribution in [3.63, 3.8) is 0 Å². The number of fused-ring (bicyclic) bond motifs is 1. The summed E-state index contributed by atoms with van der Waals surface area (Å²) in [7, 11) is 0. The highest BCUT2D eigenvalue weighted by Gasteiger charge is 2.15. The van der Waals surface area contributed by atoms with Crippen LogP contribution in [0.15, 0.2) is 24.4 Å². The van der Waals surface area contributed by atoms with Gasteiger partial charge < -0.3 is 10.6 Å². The Balaban J connectivity index is 1.56. The second-order valence-corrected chi connectivity index (χ2v) is 6.22. The molecule has 2 N–H and O–H groups in total. The average Bonchev–Trinajstić information content (AvgIpc) is 2.87. The Morgan fingerprint density at radius 3 is 2.88 bits per heavy atom. The van der Waals surface area contributed by atoms with Crippen molar-refractivity contribution in [1.29, 1.82) is 0 Å². The van der Waals surface area contributed by atoms with Crippen molar-refractivity contribution in [2.75, 3.05) is 25.0 Å². The number of nitrogens with one attached hydrogen (secondary N) is 2. The lowest BCUT2D eigenvalue weighted by Crippen LogP contribution is -2.16. The summed E-state index contributed by atoms with van der Waals surface area (Å²) < 4.78 is 0. The summed E-state index contributed by atoms with van der Waals surface area (Å²) in [6.07, 6.45) is 8.05. The molecule has 128 valence electrons. The molecule has 0 fully saturated rings. The normalized spacial score (nSPS) is 14.0. The minimum absolute atomic E-state index is 0.884. The minimum atomic E-state index is 0.884. The molecule has 2 aromatic heterocycles. The lowest BCUT2D eigenvalue weighted by Gasteiger charge is -2.14. The van der Waals surface area contributed by atoms with Crippen LogP contribution in [0.5, 0.6) is 0 Å². The predicted molar refractivity (Wildman–Crippen MR) is 97.4 cm³/mol. The van der Waals surface area contributed by atoms with Gasteiger partial charge in [-0.3, -0.25) is 4.98 Å². The first-order chi connectivity index (χ1) is 11.9. The van der Waals surface area contributed by atoms with Crippen molar-refractivity contribution in [3.8, 4) is 0 Å². The molecule has 0 unspecified atom stereocenters. The Morgan fingerprint density at radius 2 is 2.04 bits per heavy atom. The molecule has 3 heterocycles. The summed E-state index contributed by atoms with van der Waals surface area (Å²) in [5.74, 6) is 2.00. The van der Waals surface area contributed by atoms with E-state index in [0.717, 1.165) is 69.8 Å². The molecule has 5 heteroatoms. The molecule has 0 amide bonds. The standard InChI is InChI=1S/C19H27N5/c1-2-18-23-17-10-14-20-13-9-16(17)19(24-18)22-12-6-4-8-15-7-3-5-11-21-15/h3,5,7,11,20H,2,4,6,8-10,12-14H2,1H3,(H,22,23,24). The third-order valence-corrected chi connectivity index (χ3v) is 4.42. The number of hydrogen-bond donors (Lipinski definition) is 2. The largest absolute Gasteiger partial charge is 0.370 e. The highest BCUT2D eigenvalue weighted by atomic mass is 15.0. The SMILES string of the molecule is CCc1nc2c(c(NCCCCc3ccccn3)n1)CCNCC2. The summed E-state index contributed by atoms with van der Waals surface area (Å²) in [5, 5.41) is 7.01. The van der Waals surface area contributed by atoms with Gasteiger partial charge in [0.1, 0.15) is 11.6 Å². The van der Waals surface area contributed by atoms with Gasteiger partial charge in [-0.25, -0.2) is 9.97 Å². The topological polar surface area (TPSA) is 62.7 Å². The maximum absolute atomic E-state index is 4.74. The summed E-state index contributed by atoms with van der Waals surface area (Å²) in [6.45, 7) is 5.09. The second kappa shape index (κ2) is 8.73. The number of nitrogens with zero attached hydrogens (tertiary/aromatic N) is 3. The summed E-state index contributed by atoms with van der Waals surface area (Å²) >= 11 is 0. The van der Waals surface area contributed by atoms with Gasteiger partial charge in [-0.2, -0.15) is 0 Å². The summed E-state index contributed by atoms with van der Waals surface area (Å²) in [6, 6.07) is 6.11. The maximum Gasteiger partial charge on any atom is 0.133 e. The molecule has 3 rings (SSSR count). The van der Waals surface area contributed by atoms with E-state index in [1.54, 1.807) is 0 Å². The highest BCUT2D eigenvalue weighted by Crippen LogP contribution is 2.20. The van der Waals surface area contributed by atoms with Gasteiger partial charge in [-0.15, -0.1) is 0 Å². The molecular weight excluding hydrogens is 298 g/mol. The van der Waals surface area contributed by atoms with Crippen molar-refractivity contribution >= 4 is 5.82 Å². The van der Waals surface area contributed by atoms with Crippen molar-refractivity contribution in [1.82, 2.24) is 20.3 Å². The van der Waals surface area contributed by atoms with E-state index in [0.29, 0.717) is 0 Å². The maximum atomic E-state index is 4.74. The Bertz CT molecular complexity index is 642. The first-order valence-corrected chi connectivity index (χ1v) is 9.10. The Kier molecular flexibility index (Phi) is 6.13. The summed E-state index contributed by atoms with van der Waals surface area (Å²) in [5.41, 5.74) is 3.71. The van der Waals surface area contributed by atoms with Gasteiger partial charge in [0.05, 0.1) is 5.69 Å². The van der Waals surface area contributed by atoms with Crippen LogP contribution in [0.1, 0.15) is 42.5 Å². The molecule has 24 heavy (non-hydrogen) atoms. The Hall–Kier alpha value is -2.01. The first kappa shape index (κ1) is 16.8. The molecule has 0 atom stereocenters. The van der Waals surface area contributed by atoms with Crippen LogP contribution >= 0.6 is 0 Å². The van der Waals surface area contributed by atoms with E-state index >= 15 is 0 Å². The lowest BCUT2D eigenvalue weighted by molar-refractivity contribution is 0.707. The summed E-state index contributed by atoms with van der Waals surface area (Å²) in [4.78, 5) is 13.9. The number of hydrogen-bond acceptors (Lipinski definition) is 5. The van der Waals surface area contributed by atoms with Gasteiger partial charge in [0.2, 0.25) is 0 Å². The molecule has 5 nitrogen and oxygen atoms in total. The van der Waals surface area contributed by atoms with Crippen LogP contribution in [0.3, 0.4) is 0 Å². The van der Waals surface area contributed by atoms with E-state index in [-0.39, 0.29) is 0 Å². The van der Waals surface area contributed by atoms with Crippen LogP contribution in [0, 0.1) is 0 Å². The van der Waals surface area contributed by atoms with Crippen LogP contribution in [0.4, 0.5) is 5.82 Å². The average molecular weight is 325 g/mol. The lowest BCUT2D eigenvalue weighted by atomic mass is 10.1. The van der Waals surface area contributed by atoms with E-state index in [4.69, 9.17) is 9.97 Å². The van der Waals surface area contributed by atoms with E-state index < -0.39 is 0 Å². The van der Waals surface area contributed by atoms with E-state index in [1.807, 2.05) is 12.3 Å². The molecule has 0 saturated heterocycles.